The number of aliphatic hydroxyl groups is 1. The van der Waals surface area contributed by atoms with Crippen molar-refractivity contribution in [2.45, 2.75) is 6.92 Å². The van der Waals surface area contributed by atoms with Crippen LogP contribution in [0.5, 0.6) is 0 Å². The molecule has 0 saturated carbocycles. The van der Waals surface area contributed by atoms with Crippen molar-refractivity contribution in [1.29, 1.82) is 0 Å². The maximum Gasteiger partial charge on any atom is 0.0629 e. The smallest absolute Gasteiger partial charge is 0.0629 e. The Morgan fingerprint density at radius 3 is 2.43 bits per heavy atom. The van der Waals surface area contributed by atoms with Crippen LogP contribution in [0.1, 0.15) is 6.92 Å². The fraction of sp³-hybridized carbons (Fsp3) is 0.400. The molecule has 0 heterocycles. The number of para-hydroxylation sites is 1. The molecule has 1 rings (SSSR count). The SMILES string of the molecule is CC(CO)CNc1c(Br)cccc1Br. The monoisotopic (exact) mass is 321 g/mol. The van der Waals surface area contributed by atoms with Crippen LogP contribution in [0.4, 0.5) is 5.69 Å². The Morgan fingerprint density at radius 1 is 1.36 bits per heavy atom. The van der Waals surface area contributed by atoms with E-state index in [4.69, 9.17) is 5.11 Å². The third kappa shape index (κ3) is 3.26. The van der Waals surface area contributed by atoms with Gasteiger partial charge in [0.1, 0.15) is 0 Å². The number of hydrogen-bond acceptors (Lipinski definition) is 2. The summed E-state index contributed by atoms with van der Waals surface area (Å²) in [5.41, 5.74) is 1.04. The molecule has 0 aliphatic rings. The Morgan fingerprint density at radius 2 is 1.93 bits per heavy atom. The maximum atomic E-state index is 8.89. The summed E-state index contributed by atoms with van der Waals surface area (Å²) >= 11 is 6.93. The minimum absolute atomic E-state index is 0.203. The van der Waals surface area contributed by atoms with E-state index in [1.807, 2.05) is 25.1 Å². The summed E-state index contributed by atoms with van der Waals surface area (Å²) in [6.45, 7) is 2.96. The first-order chi connectivity index (χ1) is 6.65. The predicted molar refractivity (Wildman–Crippen MR) is 66.6 cm³/mol. The Kier molecular flexibility index (Phi) is 4.92. The van der Waals surface area contributed by atoms with Crippen LogP contribution < -0.4 is 5.32 Å². The lowest BCUT2D eigenvalue weighted by atomic mass is 10.2. The van der Waals surface area contributed by atoms with Gasteiger partial charge in [-0.3, -0.25) is 0 Å². The second-order valence-corrected chi connectivity index (χ2v) is 4.97. The highest BCUT2D eigenvalue weighted by Gasteiger charge is 2.05. The largest absolute Gasteiger partial charge is 0.396 e. The molecule has 14 heavy (non-hydrogen) atoms. The van der Waals surface area contributed by atoms with Crippen molar-refractivity contribution in [3.8, 4) is 0 Å². The van der Waals surface area contributed by atoms with Crippen molar-refractivity contribution in [3.63, 3.8) is 0 Å². The summed E-state index contributed by atoms with van der Waals surface area (Å²) in [7, 11) is 0. The quantitative estimate of drug-likeness (QED) is 0.892. The first-order valence-electron chi connectivity index (χ1n) is 4.44. The zero-order chi connectivity index (χ0) is 10.6. The van der Waals surface area contributed by atoms with E-state index >= 15 is 0 Å². The Hall–Kier alpha value is -0.0600. The lowest BCUT2D eigenvalue weighted by molar-refractivity contribution is 0.244. The van der Waals surface area contributed by atoms with Crippen LogP contribution in [0.3, 0.4) is 0 Å². The second kappa shape index (κ2) is 5.73. The van der Waals surface area contributed by atoms with Crippen LogP contribution in [0.2, 0.25) is 0 Å². The number of rotatable bonds is 4. The zero-order valence-electron chi connectivity index (χ0n) is 7.93. The van der Waals surface area contributed by atoms with Crippen molar-refractivity contribution in [3.05, 3.63) is 27.1 Å². The first kappa shape index (κ1) is 12.0. The van der Waals surface area contributed by atoms with Crippen LogP contribution in [-0.2, 0) is 0 Å². The Labute approximate surface area is 101 Å². The van der Waals surface area contributed by atoms with E-state index in [0.29, 0.717) is 0 Å². The van der Waals surface area contributed by atoms with Gasteiger partial charge in [-0.15, -0.1) is 0 Å². The van der Waals surface area contributed by atoms with Gasteiger partial charge >= 0.3 is 0 Å². The average molecular weight is 323 g/mol. The van der Waals surface area contributed by atoms with Gasteiger partial charge in [-0.25, -0.2) is 0 Å². The molecular weight excluding hydrogens is 310 g/mol. The van der Waals surface area contributed by atoms with Gasteiger partial charge in [-0.2, -0.15) is 0 Å². The fourth-order valence-corrected chi connectivity index (χ4v) is 2.29. The van der Waals surface area contributed by atoms with E-state index in [-0.39, 0.29) is 12.5 Å². The van der Waals surface area contributed by atoms with Crippen LogP contribution in [0.15, 0.2) is 27.1 Å². The van der Waals surface area contributed by atoms with Gasteiger partial charge in [0, 0.05) is 22.1 Å². The molecule has 1 atom stereocenters. The number of halogens is 2. The molecule has 4 heteroatoms. The standard InChI is InChI=1S/C10H13Br2NO/c1-7(6-14)5-13-10-8(11)3-2-4-9(10)12/h2-4,7,13-14H,5-6H2,1H3. The van der Waals surface area contributed by atoms with Crippen LogP contribution in [0.25, 0.3) is 0 Å². The molecule has 2 nitrogen and oxygen atoms in total. The number of aliphatic hydroxyl groups excluding tert-OH is 1. The van der Waals surface area contributed by atoms with Gasteiger partial charge in [0.05, 0.1) is 5.69 Å². The first-order valence-corrected chi connectivity index (χ1v) is 6.02. The molecule has 0 aromatic heterocycles. The molecule has 0 aliphatic heterocycles. The van der Waals surface area contributed by atoms with Gasteiger partial charge < -0.3 is 10.4 Å². The van der Waals surface area contributed by atoms with Crippen LogP contribution >= 0.6 is 31.9 Å². The van der Waals surface area contributed by atoms with E-state index in [2.05, 4.69) is 37.2 Å². The lowest BCUT2D eigenvalue weighted by Gasteiger charge is -2.13. The molecule has 0 spiro atoms. The van der Waals surface area contributed by atoms with Crippen LogP contribution in [-0.4, -0.2) is 18.3 Å². The minimum atomic E-state index is 0.203. The predicted octanol–water partition coefficient (Wildman–Crippen LogP) is 3.25. The highest BCUT2D eigenvalue weighted by Crippen LogP contribution is 2.30. The van der Waals surface area contributed by atoms with Gasteiger partial charge in [0.15, 0.2) is 0 Å². The van der Waals surface area contributed by atoms with E-state index in [0.717, 1.165) is 21.2 Å². The van der Waals surface area contributed by atoms with Crippen molar-refractivity contribution in [1.82, 2.24) is 0 Å². The van der Waals surface area contributed by atoms with Crippen molar-refractivity contribution in [2.24, 2.45) is 5.92 Å². The average Bonchev–Trinajstić information content (AvgIpc) is 2.16. The topological polar surface area (TPSA) is 32.3 Å². The summed E-state index contributed by atoms with van der Waals surface area (Å²) in [5.74, 6) is 0.258. The molecule has 0 fully saturated rings. The third-order valence-corrected chi connectivity index (χ3v) is 3.22. The number of benzene rings is 1. The Balaban J connectivity index is 2.66. The normalized spacial score (nSPS) is 12.6. The Bertz CT molecular complexity index is 284. The molecule has 1 unspecified atom stereocenters. The van der Waals surface area contributed by atoms with Gasteiger partial charge in [0.2, 0.25) is 0 Å². The zero-order valence-corrected chi connectivity index (χ0v) is 11.1. The summed E-state index contributed by atoms with van der Waals surface area (Å²) in [6, 6.07) is 5.93. The van der Waals surface area contributed by atoms with Gasteiger partial charge in [-0.05, 0) is 49.9 Å². The summed E-state index contributed by atoms with van der Waals surface area (Å²) in [6.07, 6.45) is 0. The molecule has 0 saturated heterocycles. The molecule has 2 N–H and O–H groups in total. The summed E-state index contributed by atoms with van der Waals surface area (Å²) < 4.78 is 2.05. The number of nitrogens with one attached hydrogen (secondary N) is 1. The highest BCUT2D eigenvalue weighted by molar-refractivity contribution is 9.11. The molecule has 1 aromatic carbocycles. The molecule has 0 amide bonds. The summed E-state index contributed by atoms with van der Waals surface area (Å²) in [5, 5.41) is 12.2. The van der Waals surface area contributed by atoms with E-state index in [1.165, 1.54) is 0 Å². The molecule has 78 valence electrons. The van der Waals surface area contributed by atoms with Crippen molar-refractivity contribution >= 4 is 37.5 Å². The third-order valence-electron chi connectivity index (χ3n) is 1.90. The number of anilines is 1. The van der Waals surface area contributed by atoms with E-state index < -0.39 is 0 Å². The van der Waals surface area contributed by atoms with E-state index in [1.54, 1.807) is 0 Å². The number of hydrogen-bond donors (Lipinski definition) is 2. The fourth-order valence-electron chi connectivity index (χ4n) is 1.01. The minimum Gasteiger partial charge on any atom is -0.396 e. The highest BCUT2D eigenvalue weighted by atomic mass is 79.9. The molecule has 0 radical (unpaired) electrons. The van der Waals surface area contributed by atoms with Gasteiger partial charge in [-0.1, -0.05) is 13.0 Å². The molecule has 1 aromatic rings. The van der Waals surface area contributed by atoms with E-state index in [9.17, 15) is 0 Å². The second-order valence-electron chi connectivity index (χ2n) is 3.27. The van der Waals surface area contributed by atoms with Crippen LogP contribution in [0, 0.1) is 5.92 Å². The molecule has 0 bridgehead atoms. The van der Waals surface area contributed by atoms with Gasteiger partial charge in [0.25, 0.3) is 0 Å². The lowest BCUT2D eigenvalue weighted by Crippen LogP contribution is -2.14. The summed E-state index contributed by atoms with van der Waals surface area (Å²) in [4.78, 5) is 0. The maximum absolute atomic E-state index is 8.89. The van der Waals surface area contributed by atoms with Crippen molar-refractivity contribution in [2.75, 3.05) is 18.5 Å². The van der Waals surface area contributed by atoms with Crippen molar-refractivity contribution < 1.29 is 5.11 Å². The molecular formula is C10H13Br2NO. The molecule has 0 aliphatic carbocycles.